The van der Waals surface area contributed by atoms with E-state index in [0.29, 0.717) is 5.69 Å². The van der Waals surface area contributed by atoms with E-state index in [0.717, 1.165) is 18.5 Å². The standard InChI is InChI=1S/C13H23N5O2/c1-5-6-8-9(14)10(18-17-8)11(19)16-7-13(2,3)12(20)15-4/h5-7,14H2,1-4H3,(H,15,20)(H,16,19)(H,17,18). The van der Waals surface area contributed by atoms with Crippen LogP contribution in [-0.4, -0.2) is 35.6 Å². The van der Waals surface area contributed by atoms with Crippen molar-refractivity contribution in [2.75, 3.05) is 19.3 Å². The van der Waals surface area contributed by atoms with Crippen LogP contribution >= 0.6 is 0 Å². The number of carbonyl (C=O) groups excluding carboxylic acids is 2. The lowest BCUT2D eigenvalue weighted by atomic mass is 9.92. The van der Waals surface area contributed by atoms with Gasteiger partial charge in [0, 0.05) is 13.6 Å². The van der Waals surface area contributed by atoms with Crippen molar-refractivity contribution in [3.8, 4) is 0 Å². The van der Waals surface area contributed by atoms with Gasteiger partial charge >= 0.3 is 0 Å². The zero-order chi connectivity index (χ0) is 15.3. The highest BCUT2D eigenvalue weighted by Crippen LogP contribution is 2.17. The van der Waals surface area contributed by atoms with E-state index in [1.54, 1.807) is 20.9 Å². The van der Waals surface area contributed by atoms with Crippen molar-refractivity contribution in [2.45, 2.75) is 33.6 Å². The van der Waals surface area contributed by atoms with E-state index >= 15 is 0 Å². The number of hydrogen-bond donors (Lipinski definition) is 4. The van der Waals surface area contributed by atoms with Crippen LogP contribution in [0, 0.1) is 5.41 Å². The van der Waals surface area contributed by atoms with E-state index in [1.807, 2.05) is 6.92 Å². The number of carbonyl (C=O) groups is 2. The highest BCUT2D eigenvalue weighted by molar-refractivity contribution is 5.98. The average molecular weight is 281 g/mol. The first-order valence-electron chi connectivity index (χ1n) is 6.66. The molecule has 0 spiro atoms. The molecule has 0 atom stereocenters. The molecule has 0 saturated heterocycles. The summed E-state index contributed by atoms with van der Waals surface area (Å²) in [5.41, 5.74) is 6.51. The molecule has 112 valence electrons. The summed E-state index contributed by atoms with van der Waals surface area (Å²) in [4.78, 5) is 23.7. The summed E-state index contributed by atoms with van der Waals surface area (Å²) in [6.07, 6.45) is 1.66. The highest BCUT2D eigenvalue weighted by atomic mass is 16.2. The number of hydrogen-bond acceptors (Lipinski definition) is 4. The van der Waals surface area contributed by atoms with Gasteiger partial charge in [0.2, 0.25) is 5.91 Å². The molecule has 0 aromatic carbocycles. The van der Waals surface area contributed by atoms with Gasteiger partial charge in [-0.1, -0.05) is 13.3 Å². The number of amides is 2. The number of nitrogen functional groups attached to an aromatic ring is 1. The number of nitrogens with two attached hydrogens (primary N) is 1. The van der Waals surface area contributed by atoms with Gasteiger partial charge in [-0.05, 0) is 20.3 Å². The van der Waals surface area contributed by atoms with Crippen LogP contribution < -0.4 is 16.4 Å². The minimum absolute atomic E-state index is 0.139. The molecule has 7 heteroatoms. The maximum Gasteiger partial charge on any atom is 0.273 e. The lowest BCUT2D eigenvalue weighted by Crippen LogP contribution is -2.43. The fourth-order valence-corrected chi connectivity index (χ4v) is 1.80. The van der Waals surface area contributed by atoms with Crippen LogP contribution in [0.1, 0.15) is 43.4 Å². The van der Waals surface area contributed by atoms with E-state index in [-0.39, 0.29) is 24.1 Å². The number of rotatable bonds is 6. The quantitative estimate of drug-likeness (QED) is 0.606. The summed E-state index contributed by atoms with van der Waals surface area (Å²) in [5, 5.41) is 12.0. The SMILES string of the molecule is CCCc1[nH]nc(C(=O)NCC(C)(C)C(=O)NC)c1N. The average Bonchev–Trinajstić information content (AvgIpc) is 2.77. The largest absolute Gasteiger partial charge is 0.395 e. The Labute approximate surface area is 118 Å². The Kier molecular flexibility index (Phi) is 5.12. The summed E-state index contributed by atoms with van der Waals surface area (Å²) >= 11 is 0. The number of H-pyrrole nitrogens is 1. The molecule has 0 saturated carbocycles. The topological polar surface area (TPSA) is 113 Å². The maximum absolute atomic E-state index is 12.0. The molecule has 7 nitrogen and oxygen atoms in total. The van der Waals surface area contributed by atoms with Crippen molar-refractivity contribution in [3.05, 3.63) is 11.4 Å². The zero-order valence-electron chi connectivity index (χ0n) is 12.5. The molecular formula is C13H23N5O2. The van der Waals surface area contributed by atoms with Gasteiger partial charge < -0.3 is 16.4 Å². The fourth-order valence-electron chi connectivity index (χ4n) is 1.80. The first kappa shape index (κ1) is 16.0. The summed E-state index contributed by atoms with van der Waals surface area (Å²) in [6, 6.07) is 0. The predicted octanol–water partition coefficient (Wildman–Crippen LogP) is 0.446. The van der Waals surface area contributed by atoms with E-state index < -0.39 is 5.41 Å². The van der Waals surface area contributed by atoms with Gasteiger partial charge in [-0.3, -0.25) is 14.7 Å². The Bertz CT molecular complexity index is 493. The smallest absolute Gasteiger partial charge is 0.273 e. The minimum atomic E-state index is -0.693. The number of aromatic nitrogens is 2. The Morgan fingerprint density at radius 2 is 2.05 bits per heavy atom. The third-order valence-electron chi connectivity index (χ3n) is 3.13. The molecule has 0 aliphatic heterocycles. The van der Waals surface area contributed by atoms with Gasteiger partial charge in [-0.15, -0.1) is 0 Å². The van der Waals surface area contributed by atoms with Crippen molar-refractivity contribution >= 4 is 17.5 Å². The molecule has 0 fully saturated rings. The third-order valence-corrected chi connectivity index (χ3v) is 3.13. The van der Waals surface area contributed by atoms with Gasteiger partial charge in [-0.25, -0.2) is 0 Å². The van der Waals surface area contributed by atoms with Gasteiger partial charge in [0.1, 0.15) is 0 Å². The van der Waals surface area contributed by atoms with Crippen LogP contribution in [0.5, 0.6) is 0 Å². The van der Waals surface area contributed by atoms with E-state index in [2.05, 4.69) is 20.8 Å². The predicted molar refractivity (Wildman–Crippen MR) is 77.2 cm³/mol. The van der Waals surface area contributed by atoms with Gasteiger partial charge in [0.05, 0.1) is 16.8 Å². The van der Waals surface area contributed by atoms with E-state index in [1.165, 1.54) is 0 Å². The van der Waals surface area contributed by atoms with E-state index in [4.69, 9.17) is 5.73 Å². The number of aryl methyl sites for hydroxylation is 1. The molecule has 0 aliphatic carbocycles. The second-order valence-corrected chi connectivity index (χ2v) is 5.36. The first-order valence-corrected chi connectivity index (χ1v) is 6.66. The maximum atomic E-state index is 12.0. The molecule has 0 aliphatic rings. The van der Waals surface area contributed by atoms with Crippen molar-refractivity contribution in [3.63, 3.8) is 0 Å². The van der Waals surface area contributed by atoms with Crippen LogP contribution in [0.15, 0.2) is 0 Å². The molecule has 1 rings (SSSR count). The van der Waals surface area contributed by atoms with Crippen LogP contribution in [0.25, 0.3) is 0 Å². The molecule has 20 heavy (non-hydrogen) atoms. The summed E-state index contributed by atoms with van der Waals surface area (Å²) in [6.45, 7) is 5.73. The van der Waals surface area contributed by atoms with Crippen LogP contribution in [0.4, 0.5) is 5.69 Å². The molecule has 0 bridgehead atoms. The summed E-state index contributed by atoms with van der Waals surface area (Å²) in [5.74, 6) is -0.516. The summed E-state index contributed by atoms with van der Waals surface area (Å²) in [7, 11) is 1.56. The van der Waals surface area contributed by atoms with Gasteiger partial charge in [0.15, 0.2) is 5.69 Å². The zero-order valence-corrected chi connectivity index (χ0v) is 12.5. The second kappa shape index (κ2) is 6.40. The molecular weight excluding hydrogens is 258 g/mol. The minimum Gasteiger partial charge on any atom is -0.395 e. The van der Waals surface area contributed by atoms with Crippen molar-refractivity contribution in [1.82, 2.24) is 20.8 Å². The van der Waals surface area contributed by atoms with E-state index in [9.17, 15) is 9.59 Å². The molecule has 0 unspecified atom stereocenters. The molecule has 1 aromatic rings. The van der Waals surface area contributed by atoms with Gasteiger partial charge in [-0.2, -0.15) is 5.10 Å². The third kappa shape index (κ3) is 3.49. The van der Waals surface area contributed by atoms with Crippen LogP contribution in [-0.2, 0) is 11.2 Å². The molecule has 0 radical (unpaired) electrons. The van der Waals surface area contributed by atoms with Crippen molar-refractivity contribution in [1.29, 1.82) is 0 Å². The number of nitrogens with one attached hydrogen (secondary N) is 3. The Hall–Kier alpha value is -2.05. The molecule has 1 aromatic heterocycles. The number of aromatic amines is 1. The molecule has 5 N–H and O–H groups in total. The monoisotopic (exact) mass is 281 g/mol. The first-order chi connectivity index (χ1) is 9.33. The van der Waals surface area contributed by atoms with Crippen LogP contribution in [0.2, 0.25) is 0 Å². The summed E-state index contributed by atoms with van der Waals surface area (Å²) < 4.78 is 0. The fraction of sp³-hybridized carbons (Fsp3) is 0.615. The van der Waals surface area contributed by atoms with Crippen molar-refractivity contribution in [2.24, 2.45) is 5.41 Å². The van der Waals surface area contributed by atoms with Crippen molar-refractivity contribution < 1.29 is 9.59 Å². The lowest BCUT2D eigenvalue weighted by Gasteiger charge is -2.22. The Morgan fingerprint density at radius 3 is 2.60 bits per heavy atom. The lowest BCUT2D eigenvalue weighted by molar-refractivity contribution is -0.128. The Morgan fingerprint density at radius 1 is 1.40 bits per heavy atom. The number of nitrogens with zero attached hydrogens (tertiary/aromatic N) is 1. The van der Waals surface area contributed by atoms with Crippen LogP contribution in [0.3, 0.4) is 0 Å². The molecule has 2 amide bonds. The normalized spacial score (nSPS) is 11.2. The highest BCUT2D eigenvalue weighted by Gasteiger charge is 2.28. The molecule has 1 heterocycles. The number of anilines is 1. The Balaban J connectivity index is 2.70. The van der Waals surface area contributed by atoms with Gasteiger partial charge in [0.25, 0.3) is 5.91 Å². The second-order valence-electron chi connectivity index (χ2n) is 5.36.